The average molecular weight is 460 g/mol. The van der Waals surface area contributed by atoms with Crippen LogP contribution >= 0.6 is 0 Å². The minimum Gasteiger partial charge on any atom is -0.459 e. The van der Waals surface area contributed by atoms with Crippen LogP contribution in [0.2, 0.25) is 0 Å². The highest BCUT2D eigenvalue weighted by Gasteiger charge is 2.53. The Hall–Kier alpha value is -1.92. The monoisotopic (exact) mass is 459 g/mol. The third-order valence-corrected chi connectivity index (χ3v) is 6.75. The van der Waals surface area contributed by atoms with Gasteiger partial charge in [0.1, 0.15) is 6.10 Å². The largest absolute Gasteiger partial charge is 0.459 e. The van der Waals surface area contributed by atoms with Crippen LogP contribution in [0.25, 0.3) is 0 Å². The zero-order chi connectivity index (χ0) is 24.1. The first-order chi connectivity index (χ1) is 15.5. The average Bonchev–Trinajstić information content (AvgIpc) is 3.46. The standard InChI is InChI=1S/C27H41NO5/c1-19(7-14-24-16-27(18-31-27)17-26(4,5)33-24)6-9-22-10-12-23(13-11-22)28-25(30)15-8-20(2)32-21(3)29/h6-8,14-15,20,22-24H,9-13,16-18H2,1-5H3,(H,28,30)/b14-7+,15-8-,19-6+. The van der Waals surface area contributed by atoms with Crippen molar-refractivity contribution in [3.8, 4) is 0 Å². The van der Waals surface area contributed by atoms with Crippen LogP contribution < -0.4 is 5.32 Å². The number of rotatable bonds is 8. The topological polar surface area (TPSA) is 77.2 Å². The Morgan fingerprint density at radius 1 is 1.15 bits per heavy atom. The Balaban J connectivity index is 1.36. The molecule has 3 rings (SSSR count). The van der Waals surface area contributed by atoms with E-state index in [9.17, 15) is 9.59 Å². The molecular formula is C27H41NO5. The summed E-state index contributed by atoms with van der Waals surface area (Å²) in [6, 6.07) is 0.219. The normalized spacial score (nSPS) is 32.8. The molecule has 1 spiro atoms. The van der Waals surface area contributed by atoms with Crippen molar-refractivity contribution in [2.75, 3.05) is 6.61 Å². The smallest absolute Gasteiger partial charge is 0.303 e. The van der Waals surface area contributed by atoms with Gasteiger partial charge in [0.25, 0.3) is 0 Å². The summed E-state index contributed by atoms with van der Waals surface area (Å²) in [5.41, 5.74) is 1.19. The number of ether oxygens (including phenoxy) is 3. The van der Waals surface area contributed by atoms with E-state index in [2.05, 4.69) is 44.3 Å². The van der Waals surface area contributed by atoms with Crippen molar-refractivity contribution in [3.63, 3.8) is 0 Å². The van der Waals surface area contributed by atoms with Gasteiger partial charge in [0.05, 0.1) is 23.9 Å². The quantitative estimate of drug-likeness (QED) is 0.244. The molecule has 3 atom stereocenters. The van der Waals surface area contributed by atoms with E-state index >= 15 is 0 Å². The molecule has 0 aromatic rings. The van der Waals surface area contributed by atoms with Crippen LogP contribution in [0.1, 0.15) is 79.6 Å². The first kappa shape index (κ1) is 25.7. The summed E-state index contributed by atoms with van der Waals surface area (Å²) in [7, 11) is 0. The van der Waals surface area contributed by atoms with Gasteiger partial charge in [-0.3, -0.25) is 9.59 Å². The minimum atomic E-state index is -0.396. The van der Waals surface area contributed by atoms with Gasteiger partial charge < -0.3 is 19.5 Å². The lowest BCUT2D eigenvalue weighted by Crippen LogP contribution is -2.43. The molecule has 2 aliphatic heterocycles. The fourth-order valence-corrected chi connectivity index (χ4v) is 5.13. The third-order valence-electron chi connectivity index (χ3n) is 6.75. The predicted molar refractivity (Wildman–Crippen MR) is 129 cm³/mol. The molecule has 1 amide bonds. The number of hydrogen-bond acceptors (Lipinski definition) is 5. The predicted octanol–water partition coefficient (Wildman–Crippen LogP) is 4.79. The van der Waals surface area contributed by atoms with Crippen molar-refractivity contribution in [2.45, 2.75) is 109 Å². The van der Waals surface area contributed by atoms with Gasteiger partial charge in [-0.1, -0.05) is 23.8 Å². The lowest BCUT2D eigenvalue weighted by atomic mass is 9.83. The van der Waals surface area contributed by atoms with Crippen LogP contribution in [0.4, 0.5) is 0 Å². The van der Waals surface area contributed by atoms with Gasteiger partial charge in [-0.15, -0.1) is 0 Å². The van der Waals surface area contributed by atoms with Crippen molar-refractivity contribution in [1.29, 1.82) is 0 Å². The van der Waals surface area contributed by atoms with Gasteiger partial charge in [0, 0.05) is 31.9 Å². The van der Waals surface area contributed by atoms with E-state index in [4.69, 9.17) is 14.2 Å². The number of carbonyl (C=O) groups is 2. The van der Waals surface area contributed by atoms with E-state index in [-0.39, 0.29) is 35.2 Å². The van der Waals surface area contributed by atoms with Gasteiger partial charge in [0.15, 0.2) is 0 Å². The highest BCUT2D eigenvalue weighted by molar-refractivity contribution is 5.87. The maximum atomic E-state index is 12.1. The van der Waals surface area contributed by atoms with Gasteiger partial charge >= 0.3 is 5.97 Å². The second-order valence-electron chi connectivity index (χ2n) is 10.7. The maximum absolute atomic E-state index is 12.1. The number of carbonyl (C=O) groups excluding carboxylic acids is 2. The van der Waals surface area contributed by atoms with E-state index in [1.165, 1.54) is 18.6 Å². The Bertz CT molecular complexity index is 778. The molecule has 0 aromatic heterocycles. The van der Waals surface area contributed by atoms with E-state index < -0.39 is 6.10 Å². The van der Waals surface area contributed by atoms with Crippen LogP contribution in [-0.4, -0.2) is 47.9 Å². The second kappa shape index (κ2) is 11.0. The molecule has 0 radical (unpaired) electrons. The van der Waals surface area contributed by atoms with Crippen molar-refractivity contribution < 1.29 is 23.8 Å². The SMILES string of the molecule is CC(=O)OC(C)/C=C\C(=O)NC1CCC(C/C=C(C)/C=C/C2CC3(CO3)CC(C)(C)O2)CC1. The summed E-state index contributed by atoms with van der Waals surface area (Å²) in [4.78, 5) is 23.0. The number of amides is 1. The fraction of sp³-hybridized carbons (Fsp3) is 0.704. The van der Waals surface area contributed by atoms with Gasteiger partial charge in [-0.2, -0.15) is 0 Å². The number of hydrogen-bond donors (Lipinski definition) is 1. The van der Waals surface area contributed by atoms with Crippen LogP contribution in [0.5, 0.6) is 0 Å². The fourth-order valence-electron chi connectivity index (χ4n) is 5.13. The summed E-state index contributed by atoms with van der Waals surface area (Å²) in [6.45, 7) is 10.4. The van der Waals surface area contributed by atoms with Crippen LogP contribution in [0.15, 0.2) is 36.0 Å². The molecule has 3 aliphatic rings. The number of esters is 1. The van der Waals surface area contributed by atoms with Crippen LogP contribution in [0.3, 0.4) is 0 Å². The molecule has 3 fully saturated rings. The number of epoxide rings is 1. The summed E-state index contributed by atoms with van der Waals surface area (Å²) in [5, 5.41) is 3.07. The van der Waals surface area contributed by atoms with Crippen molar-refractivity contribution in [3.05, 3.63) is 36.0 Å². The Labute approximate surface area is 198 Å². The molecule has 2 saturated heterocycles. The van der Waals surface area contributed by atoms with E-state index in [0.29, 0.717) is 5.92 Å². The third kappa shape index (κ3) is 8.74. The van der Waals surface area contributed by atoms with Crippen molar-refractivity contribution in [2.24, 2.45) is 5.92 Å². The zero-order valence-electron chi connectivity index (χ0n) is 20.9. The molecular weight excluding hydrogens is 418 g/mol. The Kier molecular flexibility index (Phi) is 8.57. The highest BCUT2D eigenvalue weighted by Crippen LogP contribution is 2.46. The first-order valence-corrected chi connectivity index (χ1v) is 12.4. The number of nitrogens with one attached hydrogen (secondary N) is 1. The lowest BCUT2D eigenvalue weighted by molar-refractivity contribution is -0.143. The molecule has 3 unspecified atom stereocenters. The molecule has 1 aliphatic carbocycles. The molecule has 6 nitrogen and oxygen atoms in total. The van der Waals surface area contributed by atoms with E-state index in [0.717, 1.165) is 51.6 Å². The first-order valence-electron chi connectivity index (χ1n) is 12.4. The van der Waals surface area contributed by atoms with E-state index in [1.807, 2.05) is 0 Å². The Morgan fingerprint density at radius 3 is 2.48 bits per heavy atom. The lowest BCUT2D eigenvalue weighted by Gasteiger charge is -2.38. The molecule has 1 saturated carbocycles. The van der Waals surface area contributed by atoms with Gasteiger partial charge in [-0.05, 0) is 71.8 Å². The van der Waals surface area contributed by atoms with E-state index in [1.54, 1.807) is 13.0 Å². The van der Waals surface area contributed by atoms with Crippen molar-refractivity contribution >= 4 is 11.9 Å². The van der Waals surface area contributed by atoms with Crippen LogP contribution in [0, 0.1) is 5.92 Å². The molecule has 6 heteroatoms. The summed E-state index contributed by atoms with van der Waals surface area (Å²) in [5.74, 6) is 0.192. The Morgan fingerprint density at radius 2 is 1.85 bits per heavy atom. The molecule has 0 bridgehead atoms. The minimum absolute atomic E-state index is 0.0544. The molecule has 184 valence electrons. The van der Waals surface area contributed by atoms with Crippen LogP contribution in [-0.2, 0) is 23.8 Å². The molecule has 0 aromatic carbocycles. The molecule has 2 heterocycles. The summed E-state index contributed by atoms with van der Waals surface area (Å²) in [6.07, 6.45) is 16.7. The van der Waals surface area contributed by atoms with Crippen molar-refractivity contribution in [1.82, 2.24) is 5.32 Å². The summed E-state index contributed by atoms with van der Waals surface area (Å²) >= 11 is 0. The molecule has 1 N–H and O–H groups in total. The summed E-state index contributed by atoms with van der Waals surface area (Å²) < 4.78 is 17.0. The maximum Gasteiger partial charge on any atom is 0.303 e. The highest BCUT2D eigenvalue weighted by atomic mass is 16.6. The second-order valence-corrected chi connectivity index (χ2v) is 10.7. The van der Waals surface area contributed by atoms with Gasteiger partial charge in [0.2, 0.25) is 5.91 Å². The van der Waals surface area contributed by atoms with Gasteiger partial charge in [-0.25, -0.2) is 0 Å². The number of allylic oxidation sites excluding steroid dienone is 3. The zero-order valence-corrected chi connectivity index (χ0v) is 20.9. The molecule has 33 heavy (non-hydrogen) atoms.